The predicted octanol–water partition coefficient (Wildman–Crippen LogP) is 1.78. The lowest BCUT2D eigenvalue weighted by atomic mass is 10.0. The lowest BCUT2D eigenvalue weighted by Crippen LogP contribution is -2.39. The molecule has 0 aromatic rings. The molecule has 2 N–H and O–H groups in total. The van der Waals surface area contributed by atoms with Gasteiger partial charge in [0, 0.05) is 12.1 Å². The van der Waals surface area contributed by atoms with Gasteiger partial charge in [-0.2, -0.15) is 0 Å². The van der Waals surface area contributed by atoms with Gasteiger partial charge in [-0.25, -0.2) is 0 Å². The van der Waals surface area contributed by atoms with Gasteiger partial charge in [0.1, 0.15) is 0 Å². The van der Waals surface area contributed by atoms with Gasteiger partial charge in [0.05, 0.1) is 0 Å². The summed E-state index contributed by atoms with van der Waals surface area (Å²) in [5, 5.41) is 11.9. The molecule has 0 saturated carbocycles. The predicted molar refractivity (Wildman–Crippen MR) is 50.8 cm³/mol. The molecule has 0 aliphatic rings. The first-order chi connectivity index (χ1) is 5.12. The monoisotopic (exact) mass is 161 g/mol. The van der Waals surface area contributed by atoms with E-state index in [9.17, 15) is 0 Å². The van der Waals surface area contributed by atoms with Gasteiger partial charge in [0.25, 0.3) is 0 Å². The van der Waals surface area contributed by atoms with Crippen LogP contribution in [0.2, 0.25) is 0 Å². The van der Waals surface area contributed by atoms with Crippen LogP contribution in [-0.4, -0.2) is 23.8 Å². The molecule has 0 rings (SSSR count). The molecule has 0 aromatic heterocycles. The Kier molecular flexibility index (Phi) is 9.85. The van der Waals surface area contributed by atoms with Gasteiger partial charge in [-0.15, -0.1) is 0 Å². The minimum absolute atomic E-state index is 0.101. The Labute approximate surface area is 71.0 Å². The lowest BCUT2D eigenvalue weighted by molar-refractivity contribution is 0.233. The molecule has 0 amide bonds. The van der Waals surface area contributed by atoms with Crippen molar-refractivity contribution in [3.63, 3.8) is 0 Å². The van der Waals surface area contributed by atoms with Crippen LogP contribution < -0.4 is 5.32 Å². The van der Waals surface area contributed by atoms with Crippen molar-refractivity contribution < 1.29 is 5.11 Å². The lowest BCUT2D eigenvalue weighted by Gasteiger charge is -2.24. The third-order valence-corrected chi connectivity index (χ3v) is 1.39. The smallest absolute Gasteiger partial charge is 0.0448 e. The first-order valence-electron chi connectivity index (χ1n) is 4.48. The summed E-state index contributed by atoms with van der Waals surface area (Å²) in [7, 11) is 0. The molecule has 2 heteroatoms. The molecule has 70 valence electrons. The molecule has 0 heterocycles. The highest BCUT2D eigenvalue weighted by molar-refractivity contribution is 4.75. The van der Waals surface area contributed by atoms with Crippen molar-refractivity contribution >= 4 is 0 Å². The van der Waals surface area contributed by atoms with Crippen molar-refractivity contribution in [3.8, 4) is 0 Å². The summed E-state index contributed by atoms with van der Waals surface area (Å²) < 4.78 is 0. The number of aliphatic hydroxyl groups excluding tert-OH is 1. The summed E-state index contributed by atoms with van der Waals surface area (Å²) in [6, 6.07) is 0. The minimum Gasteiger partial charge on any atom is -0.396 e. The van der Waals surface area contributed by atoms with Crippen LogP contribution in [0.3, 0.4) is 0 Å². The van der Waals surface area contributed by atoms with Crippen LogP contribution in [0.25, 0.3) is 0 Å². The Morgan fingerprint density at radius 1 is 1.27 bits per heavy atom. The molecule has 0 spiro atoms. The summed E-state index contributed by atoms with van der Waals surface area (Å²) in [6.45, 7) is 11.5. The van der Waals surface area contributed by atoms with Crippen LogP contribution in [0.4, 0.5) is 0 Å². The maximum atomic E-state index is 8.59. The second-order valence-corrected chi connectivity index (χ2v) is 2.89. The molecular weight excluding hydrogens is 138 g/mol. The van der Waals surface area contributed by atoms with Gasteiger partial charge in [-0.05, 0) is 26.8 Å². The summed E-state index contributed by atoms with van der Waals surface area (Å²) in [5.41, 5.74) is 0.101. The van der Waals surface area contributed by atoms with Crippen LogP contribution in [0, 0.1) is 0 Å². The zero-order valence-corrected chi connectivity index (χ0v) is 8.57. The highest BCUT2D eigenvalue weighted by atomic mass is 16.3. The fourth-order valence-corrected chi connectivity index (χ4v) is 0.846. The van der Waals surface area contributed by atoms with E-state index < -0.39 is 0 Å². The quantitative estimate of drug-likeness (QED) is 0.659. The van der Waals surface area contributed by atoms with E-state index in [4.69, 9.17) is 5.11 Å². The maximum Gasteiger partial charge on any atom is 0.0448 e. The second-order valence-electron chi connectivity index (χ2n) is 2.89. The fourth-order valence-electron chi connectivity index (χ4n) is 0.846. The first-order valence-corrected chi connectivity index (χ1v) is 4.48. The molecule has 0 bridgehead atoms. The van der Waals surface area contributed by atoms with Crippen LogP contribution in [0.15, 0.2) is 0 Å². The van der Waals surface area contributed by atoms with Gasteiger partial charge in [0.2, 0.25) is 0 Å². The van der Waals surface area contributed by atoms with Crippen molar-refractivity contribution in [2.24, 2.45) is 0 Å². The van der Waals surface area contributed by atoms with Gasteiger partial charge in [0.15, 0.2) is 0 Å². The highest BCUT2D eigenvalue weighted by Gasteiger charge is 2.13. The maximum absolute atomic E-state index is 8.59. The molecule has 0 radical (unpaired) electrons. The van der Waals surface area contributed by atoms with Gasteiger partial charge in [-0.1, -0.05) is 20.8 Å². The summed E-state index contributed by atoms with van der Waals surface area (Å²) in [6.07, 6.45) is 0.820. The number of hydrogen-bond acceptors (Lipinski definition) is 2. The van der Waals surface area contributed by atoms with E-state index in [1.54, 1.807) is 0 Å². The molecule has 2 nitrogen and oxygen atoms in total. The summed E-state index contributed by atoms with van der Waals surface area (Å²) >= 11 is 0. The van der Waals surface area contributed by atoms with E-state index in [0.717, 1.165) is 13.0 Å². The van der Waals surface area contributed by atoms with E-state index in [-0.39, 0.29) is 12.1 Å². The zero-order chi connectivity index (χ0) is 9.33. The van der Waals surface area contributed by atoms with Crippen LogP contribution in [0.1, 0.15) is 41.0 Å². The molecule has 0 saturated heterocycles. The Morgan fingerprint density at radius 2 is 1.73 bits per heavy atom. The summed E-state index contributed by atoms with van der Waals surface area (Å²) in [4.78, 5) is 0. The van der Waals surface area contributed by atoms with Gasteiger partial charge < -0.3 is 10.4 Å². The Balaban J connectivity index is 0. The molecule has 0 aromatic carbocycles. The van der Waals surface area contributed by atoms with Crippen molar-refractivity contribution in [1.82, 2.24) is 5.32 Å². The molecular formula is C9H23NO. The molecule has 0 fully saturated rings. The molecule has 11 heavy (non-hydrogen) atoms. The third kappa shape index (κ3) is 9.92. The van der Waals surface area contributed by atoms with Gasteiger partial charge in [-0.3, -0.25) is 0 Å². The third-order valence-electron chi connectivity index (χ3n) is 1.39. The highest BCUT2D eigenvalue weighted by Crippen LogP contribution is 2.05. The minimum atomic E-state index is 0.101. The van der Waals surface area contributed by atoms with Crippen molar-refractivity contribution in [1.29, 1.82) is 0 Å². The second kappa shape index (κ2) is 8.02. The van der Waals surface area contributed by atoms with Crippen molar-refractivity contribution in [2.45, 2.75) is 46.6 Å². The van der Waals surface area contributed by atoms with E-state index in [1.807, 2.05) is 13.8 Å². The topological polar surface area (TPSA) is 32.3 Å². The van der Waals surface area contributed by atoms with Crippen LogP contribution in [0.5, 0.6) is 0 Å². The Bertz CT molecular complexity index is 64.0. The van der Waals surface area contributed by atoms with E-state index in [1.165, 1.54) is 0 Å². The number of rotatable bonds is 4. The zero-order valence-electron chi connectivity index (χ0n) is 8.57. The van der Waals surface area contributed by atoms with Gasteiger partial charge >= 0.3 is 0 Å². The Morgan fingerprint density at radius 3 is 2.00 bits per heavy atom. The van der Waals surface area contributed by atoms with E-state index >= 15 is 0 Å². The number of hydrogen-bond donors (Lipinski definition) is 2. The average Bonchev–Trinajstić information content (AvgIpc) is 1.91. The molecule has 0 unspecified atom stereocenters. The van der Waals surface area contributed by atoms with Crippen LogP contribution in [-0.2, 0) is 0 Å². The summed E-state index contributed by atoms with van der Waals surface area (Å²) in [5.74, 6) is 0. The fraction of sp³-hybridized carbons (Fsp3) is 1.00. The Hall–Kier alpha value is -0.0800. The SMILES string of the molecule is CC.CCNC(C)(C)CCO. The van der Waals surface area contributed by atoms with E-state index in [0.29, 0.717) is 0 Å². The van der Waals surface area contributed by atoms with E-state index in [2.05, 4.69) is 26.1 Å². The average molecular weight is 161 g/mol. The van der Waals surface area contributed by atoms with Crippen LogP contribution >= 0.6 is 0 Å². The van der Waals surface area contributed by atoms with Crippen molar-refractivity contribution in [3.05, 3.63) is 0 Å². The normalized spacial score (nSPS) is 10.4. The standard InChI is InChI=1S/C7H17NO.C2H6/c1-4-8-7(2,3)5-6-9;1-2/h8-9H,4-6H2,1-3H3;1-2H3. The molecule has 0 atom stereocenters. The number of nitrogens with one attached hydrogen (secondary N) is 1. The largest absolute Gasteiger partial charge is 0.396 e. The number of aliphatic hydroxyl groups is 1. The van der Waals surface area contributed by atoms with Crippen molar-refractivity contribution in [2.75, 3.05) is 13.2 Å². The molecule has 0 aliphatic heterocycles. The first kappa shape index (κ1) is 13.5. The molecule has 0 aliphatic carbocycles.